The van der Waals surface area contributed by atoms with Gasteiger partial charge in [-0.3, -0.25) is 0 Å². The third-order valence-corrected chi connectivity index (χ3v) is 2.48. The fourth-order valence-electron chi connectivity index (χ4n) is 1.55. The number of aliphatic hydroxyl groups excluding tert-OH is 1. The summed E-state index contributed by atoms with van der Waals surface area (Å²) in [5.74, 6) is 0.833. The molecule has 1 aromatic carbocycles. The van der Waals surface area contributed by atoms with E-state index in [2.05, 4.69) is 19.1 Å². The molecule has 1 rings (SSSR count). The summed E-state index contributed by atoms with van der Waals surface area (Å²) < 4.78 is 5.40. The molecule has 90 valence electrons. The molecule has 0 spiro atoms. The summed E-state index contributed by atoms with van der Waals surface area (Å²) in [6, 6.07) is 8.16. The number of aliphatic hydroxyl groups is 1. The molecule has 0 saturated heterocycles. The Kier molecular flexibility index (Phi) is 5.94. The molecule has 0 aliphatic carbocycles. The van der Waals surface area contributed by atoms with Crippen molar-refractivity contribution in [2.24, 2.45) is 0 Å². The molecule has 0 aromatic heterocycles. The van der Waals surface area contributed by atoms with Crippen LogP contribution >= 0.6 is 0 Å². The maximum absolute atomic E-state index is 9.09. The molecule has 0 saturated carbocycles. The van der Waals surface area contributed by atoms with Crippen molar-refractivity contribution in [2.75, 3.05) is 6.61 Å². The van der Waals surface area contributed by atoms with Crippen LogP contribution in [0.1, 0.15) is 38.7 Å². The average Bonchev–Trinajstić information content (AvgIpc) is 2.28. The Labute approximate surface area is 98.3 Å². The summed E-state index contributed by atoms with van der Waals surface area (Å²) in [4.78, 5) is 0. The highest BCUT2D eigenvalue weighted by Crippen LogP contribution is 2.14. The van der Waals surface area contributed by atoms with Gasteiger partial charge in [-0.15, -0.1) is 0 Å². The molecule has 0 aliphatic rings. The van der Waals surface area contributed by atoms with Crippen molar-refractivity contribution in [3.63, 3.8) is 0 Å². The Bertz CT molecular complexity index is 277. The predicted molar refractivity (Wildman–Crippen MR) is 66.8 cm³/mol. The van der Waals surface area contributed by atoms with E-state index in [1.54, 1.807) is 6.92 Å². The second-order valence-electron chi connectivity index (χ2n) is 4.26. The van der Waals surface area contributed by atoms with Gasteiger partial charge >= 0.3 is 0 Å². The van der Waals surface area contributed by atoms with Crippen LogP contribution in [0.3, 0.4) is 0 Å². The van der Waals surface area contributed by atoms with Gasteiger partial charge in [-0.2, -0.15) is 0 Å². The predicted octanol–water partition coefficient (Wildman–Crippen LogP) is 3.18. The summed E-state index contributed by atoms with van der Waals surface area (Å²) >= 11 is 0. The standard InChI is InChI=1S/C14H22O2/c1-3-4-5-6-13-7-9-14(10-8-13)16-11-12(2)15/h7-10,12,15H,3-6,11H2,1-2H3. The van der Waals surface area contributed by atoms with E-state index in [0.717, 1.165) is 12.2 Å². The molecule has 0 bridgehead atoms. The zero-order chi connectivity index (χ0) is 11.8. The van der Waals surface area contributed by atoms with Gasteiger partial charge in [-0.05, 0) is 37.5 Å². The van der Waals surface area contributed by atoms with Crippen molar-refractivity contribution in [2.45, 2.75) is 45.6 Å². The first kappa shape index (κ1) is 13.0. The minimum atomic E-state index is -0.413. The van der Waals surface area contributed by atoms with E-state index in [9.17, 15) is 0 Å². The zero-order valence-electron chi connectivity index (χ0n) is 10.3. The van der Waals surface area contributed by atoms with Crippen LogP contribution in [-0.2, 0) is 6.42 Å². The number of ether oxygens (including phenoxy) is 1. The van der Waals surface area contributed by atoms with Crippen LogP contribution in [0.2, 0.25) is 0 Å². The minimum absolute atomic E-state index is 0.356. The monoisotopic (exact) mass is 222 g/mol. The quantitative estimate of drug-likeness (QED) is 0.718. The van der Waals surface area contributed by atoms with E-state index in [0.29, 0.717) is 6.61 Å². The Morgan fingerprint density at radius 1 is 1.19 bits per heavy atom. The van der Waals surface area contributed by atoms with Crippen LogP contribution < -0.4 is 4.74 Å². The van der Waals surface area contributed by atoms with Crippen molar-refractivity contribution in [3.05, 3.63) is 29.8 Å². The van der Waals surface area contributed by atoms with Gasteiger partial charge < -0.3 is 9.84 Å². The first-order chi connectivity index (χ1) is 7.72. The molecule has 1 aromatic rings. The van der Waals surface area contributed by atoms with Gasteiger partial charge in [0.15, 0.2) is 0 Å². The Morgan fingerprint density at radius 3 is 2.44 bits per heavy atom. The van der Waals surface area contributed by atoms with Crippen LogP contribution in [0, 0.1) is 0 Å². The fraction of sp³-hybridized carbons (Fsp3) is 0.571. The normalized spacial score (nSPS) is 12.4. The maximum atomic E-state index is 9.09. The van der Waals surface area contributed by atoms with Gasteiger partial charge in [-0.25, -0.2) is 0 Å². The lowest BCUT2D eigenvalue weighted by molar-refractivity contribution is 0.122. The molecule has 1 atom stereocenters. The number of aryl methyl sites for hydroxylation is 1. The smallest absolute Gasteiger partial charge is 0.119 e. The molecule has 1 unspecified atom stereocenters. The van der Waals surface area contributed by atoms with Crippen molar-refractivity contribution in [1.29, 1.82) is 0 Å². The summed E-state index contributed by atoms with van der Waals surface area (Å²) in [6.45, 7) is 4.29. The molecular formula is C14H22O2. The highest BCUT2D eigenvalue weighted by atomic mass is 16.5. The maximum Gasteiger partial charge on any atom is 0.119 e. The molecule has 0 radical (unpaired) electrons. The molecular weight excluding hydrogens is 200 g/mol. The summed E-state index contributed by atoms with van der Waals surface area (Å²) in [5, 5.41) is 9.09. The summed E-state index contributed by atoms with van der Waals surface area (Å²) in [5.41, 5.74) is 1.36. The van der Waals surface area contributed by atoms with Crippen molar-refractivity contribution in [3.8, 4) is 5.75 Å². The number of rotatable bonds is 7. The third-order valence-electron chi connectivity index (χ3n) is 2.48. The van der Waals surface area contributed by atoms with E-state index in [-0.39, 0.29) is 0 Å². The van der Waals surface area contributed by atoms with Gasteiger partial charge in [0.1, 0.15) is 12.4 Å². The molecule has 16 heavy (non-hydrogen) atoms. The first-order valence-electron chi connectivity index (χ1n) is 6.12. The molecule has 0 fully saturated rings. The van der Waals surface area contributed by atoms with E-state index in [1.165, 1.54) is 24.8 Å². The third kappa shape index (κ3) is 5.17. The number of unbranched alkanes of at least 4 members (excludes halogenated alkanes) is 2. The largest absolute Gasteiger partial charge is 0.491 e. The van der Waals surface area contributed by atoms with Crippen LogP contribution in [0.4, 0.5) is 0 Å². The van der Waals surface area contributed by atoms with Gasteiger partial charge in [0.25, 0.3) is 0 Å². The minimum Gasteiger partial charge on any atom is -0.491 e. The molecule has 0 aliphatic heterocycles. The van der Waals surface area contributed by atoms with Gasteiger partial charge in [0.2, 0.25) is 0 Å². The summed E-state index contributed by atoms with van der Waals surface area (Å²) in [7, 11) is 0. The molecule has 2 heteroatoms. The Hall–Kier alpha value is -1.02. The fourth-order valence-corrected chi connectivity index (χ4v) is 1.55. The second kappa shape index (κ2) is 7.29. The molecule has 2 nitrogen and oxygen atoms in total. The van der Waals surface area contributed by atoms with Crippen LogP contribution in [0.25, 0.3) is 0 Å². The molecule has 0 amide bonds. The van der Waals surface area contributed by atoms with E-state index in [4.69, 9.17) is 9.84 Å². The lowest BCUT2D eigenvalue weighted by Crippen LogP contribution is -2.12. The van der Waals surface area contributed by atoms with E-state index >= 15 is 0 Å². The molecule has 0 heterocycles. The number of hydrogen-bond acceptors (Lipinski definition) is 2. The Balaban J connectivity index is 2.35. The van der Waals surface area contributed by atoms with Crippen molar-refractivity contribution < 1.29 is 9.84 Å². The lowest BCUT2D eigenvalue weighted by atomic mass is 10.1. The van der Waals surface area contributed by atoms with E-state index in [1.807, 2.05) is 12.1 Å². The summed E-state index contributed by atoms with van der Waals surface area (Å²) in [6.07, 6.45) is 4.54. The highest BCUT2D eigenvalue weighted by Gasteiger charge is 1.98. The van der Waals surface area contributed by atoms with Gasteiger partial charge in [0, 0.05) is 0 Å². The average molecular weight is 222 g/mol. The zero-order valence-corrected chi connectivity index (χ0v) is 10.3. The lowest BCUT2D eigenvalue weighted by Gasteiger charge is -2.08. The highest BCUT2D eigenvalue weighted by molar-refractivity contribution is 5.27. The van der Waals surface area contributed by atoms with Crippen LogP contribution in [0.15, 0.2) is 24.3 Å². The van der Waals surface area contributed by atoms with E-state index < -0.39 is 6.10 Å². The molecule has 1 N–H and O–H groups in total. The first-order valence-corrected chi connectivity index (χ1v) is 6.12. The topological polar surface area (TPSA) is 29.5 Å². The van der Waals surface area contributed by atoms with Gasteiger partial charge in [-0.1, -0.05) is 31.9 Å². The van der Waals surface area contributed by atoms with Crippen LogP contribution in [0.5, 0.6) is 5.75 Å². The van der Waals surface area contributed by atoms with Crippen molar-refractivity contribution in [1.82, 2.24) is 0 Å². The van der Waals surface area contributed by atoms with Crippen LogP contribution in [-0.4, -0.2) is 17.8 Å². The second-order valence-corrected chi connectivity index (χ2v) is 4.26. The number of benzene rings is 1. The van der Waals surface area contributed by atoms with Gasteiger partial charge in [0.05, 0.1) is 6.10 Å². The Morgan fingerprint density at radius 2 is 1.88 bits per heavy atom. The van der Waals surface area contributed by atoms with Crippen molar-refractivity contribution >= 4 is 0 Å². The number of hydrogen-bond donors (Lipinski definition) is 1. The SMILES string of the molecule is CCCCCc1ccc(OCC(C)O)cc1.